The number of nitrogens with zero attached hydrogens (tertiary/aromatic N) is 3. The quantitative estimate of drug-likeness (QED) is 0.751. The molecule has 1 aromatic heterocycles. The number of piperidine rings is 1. The number of likely N-dealkylation sites (tertiary alicyclic amines) is 1. The Bertz CT molecular complexity index is 787. The van der Waals surface area contributed by atoms with Crippen molar-refractivity contribution in [2.45, 2.75) is 52.6 Å². The van der Waals surface area contributed by atoms with Crippen LogP contribution in [0.3, 0.4) is 0 Å². The molecule has 2 aromatic rings. The van der Waals surface area contributed by atoms with Crippen LogP contribution < -0.4 is 10.1 Å². The summed E-state index contributed by atoms with van der Waals surface area (Å²) < 4.78 is 7.42. The lowest BCUT2D eigenvalue weighted by molar-refractivity contribution is -0.116. The van der Waals surface area contributed by atoms with Gasteiger partial charge in [0.25, 0.3) is 0 Å². The first kappa shape index (κ1) is 20.4. The number of imidazole rings is 1. The largest absolute Gasteiger partial charge is 0.497 e. The lowest BCUT2D eigenvalue weighted by atomic mass is 9.93. The molecule has 1 atom stereocenters. The summed E-state index contributed by atoms with van der Waals surface area (Å²) in [6, 6.07) is 5.72. The van der Waals surface area contributed by atoms with Crippen molar-refractivity contribution in [2.24, 2.45) is 5.92 Å². The van der Waals surface area contributed by atoms with Gasteiger partial charge in [-0.05, 0) is 69.3 Å². The smallest absolute Gasteiger partial charge is 0.224 e. The minimum absolute atomic E-state index is 0.0897. The van der Waals surface area contributed by atoms with Gasteiger partial charge in [-0.15, -0.1) is 0 Å². The minimum atomic E-state index is 0.0897. The molecule has 0 saturated carbocycles. The van der Waals surface area contributed by atoms with Gasteiger partial charge in [-0.2, -0.15) is 0 Å². The fraction of sp³-hybridized carbons (Fsp3) is 0.545. The van der Waals surface area contributed by atoms with E-state index in [0.717, 1.165) is 55.4 Å². The van der Waals surface area contributed by atoms with Crippen LogP contribution in [0.5, 0.6) is 5.75 Å². The summed E-state index contributed by atoms with van der Waals surface area (Å²) in [7, 11) is 1.65. The molecule has 0 radical (unpaired) electrons. The maximum Gasteiger partial charge on any atom is 0.224 e. The second-order valence-electron chi connectivity index (χ2n) is 7.64. The first-order chi connectivity index (χ1) is 13.6. The number of hydrogen-bond donors (Lipinski definition) is 1. The lowest BCUT2D eigenvalue weighted by Crippen LogP contribution is -2.36. The minimum Gasteiger partial charge on any atom is -0.497 e. The molecular weight excluding hydrogens is 352 g/mol. The van der Waals surface area contributed by atoms with E-state index in [1.807, 2.05) is 37.5 Å². The van der Waals surface area contributed by atoms with E-state index in [0.29, 0.717) is 12.3 Å². The van der Waals surface area contributed by atoms with Crippen molar-refractivity contribution >= 4 is 11.6 Å². The van der Waals surface area contributed by atoms with E-state index >= 15 is 0 Å². The fourth-order valence-corrected chi connectivity index (χ4v) is 3.96. The Hall–Kier alpha value is -2.34. The zero-order chi connectivity index (χ0) is 19.9. The number of rotatable bonds is 8. The number of ether oxygens (including phenoxy) is 1. The Morgan fingerprint density at radius 3 is 3.00 bits per heavy atom. The van der Waals surface area contributed by atoms with Crippen molar-refractivity contribution in [1.82, 2.24) is 14.5 Å². The molecule has 1 amide bonds. The molecule has 0 spiro atoms. The summed E-state index contributed by atoms with van der Waals surface area (Å²) >= 11 is 0. The average molecular weight is 385 g/mol. The van der Waals surface area contributed by atoms with Crippen LogP contribution >= 0.6 is 0 Å². The number of aryl methyl sites for hydroxylation is 2. The van der Waals surface area contributed by atoms with Crippen LogP contribution in [-0.2, 0) is 17.9 Å². The third-order valence-corrected chi connectivity index (χ3v) is 5.60. The van der Waals surface area contributed by atoms with Crippen LogP contribution in [0.2, 0.25) is 0 Å². The molecule has 0 aliphatic carbocycles. The van der Waals surface area contributed by atoms with Crippen LogP contribution in [0, 0.1) is 12.8 Å². The highest BCUT2D eigenvalue weighted by Gasteiger charge is 2.22. The number of aromatic nitrogens is 2. The van der Waals surface area contributed by atoms with Crippen molar-refractivity contribution in [3.05, 3.63) is 42.0 Å². The average Bonchev–Trinajstić information content (AvgIpc) is 3.15. The third kappa shape index (κ3) is 5.35. The zero-order valence-electron chi connectivity index (χ0n) is 17.3. The Morgan fingerprint density at radius 1 is 1.39 bits per heavy atom. The first-order valence-corrected chi connectivity index (χ1v) is 10.3. The van der Waals surface area contributed by atoms with Gasteiger partial charge in [0.1, 0.15) is 11.6 Å². The molecule has 2 heterocycles. The molecule has 6 heteroatoms. The molecule has 1 fully saturated rings. The number of carbonyl (C=O) groups is 1. The molecule has 1 unspecified atom stereocenters. The van der Waals surface area contributed by atoms with Crippen molar-refractivity contribution in [2.75, 3.05) is 25.5 Å². The SMILES string of the molecule is CCn1ccnc1CN1CCCC(CCC(=O)Nc2ccc(OC)cc2C)C1. The van der Waals surface area contributed by atoms with E-state index in [1.54, 1.807) is 7.11 Å². The van der Waals surface area contributed by atoms with Gasteiger partial charge in [-0.1, -0.05) is 0 Å². The van der Waals surface area contributed by atoms with E-state index < -0.39 is 0 Å². The summed E-state index contributed by atoms with van der Waals surface area (Å²) in [5.74, 6) is 2.60. The van der Waals surface area contributed by atoms with Gasteiger partial charge in [0.15, 0.2) is 0 Å². The van der Waals surface area contributed by atoms with Gasteiger partial charge in [-0.25, -0.2) is 4.98 Å². The highest BCUT2D eigenvalue weighted by molar-refractivity contribution is 5.91. The van der Waals surface area contributed by atoms with E-state index in [4.69, 9.17) is 4.74 Å². The molecule has 152 valence electrons. The Labute approximate surface area is 167 Å². The predicted molar refractivity (Wildman–Crippen MR) is 111 cm³/mol. The summed E-state index contributed by atoms with van der Waals surface area (Å²) in [5.41, 5.74) is 1.88. The van der Waals surface area contributed by atoms with Crippen LogP contribution in [-0.4, -0.2) is 40.6 Å². The normalized spacial score (nSPS) is 17.5. The second-order valence-corrected chi connectivity index (χ2v) is 7.64. The summed E-state index contributed by atoms with van der Waals surface area (Å²) in [4.78, 5) is 19.4. The molecular formula is C22H32N4O2. The highest BCUT2D eigenvalue weighted by Crippen LogP contribution is 2.24. The van der Waals surface area contributed by atoms with Crippen LogP contribution in [0.1, 0.15) is 44.0 Å². The van der Waals surface area contributed by atoms with Crippen molar-refractivity contribution in [3.8, 4) is 5.75 Å². The van der Waals surface area contributed by atoms with Crippen LogP contribution in [0.15, 0.2) is 30.6 Å². The van der Waals surface area contributed by atoms with E-state index in [2.05, 4.69) is 26.7 Å². The predicted octanol–water partition coefficient (Wildman–Crippen LogP) is 3.85. The van der Waals surface area contributed by atoms with Gasteiger partial charge in [-0.3, -0.25) is 9.69 Å². The van der Waals surface area contributed by atoms with E-state index in [-0.39, 0.29) is 5.91 Å². The standard InChI is InChI=1S/C22H32N4O2/c1-4-26-13-11-23-21(26)16-25-12-5-6-18(15-25)7-10-22(27)24-20-9-8-19(28-3)14-17(20)2/h8-9,11,13-14,18H,4-7,10,12,15-16H2,1-3H3,(H,24,27). The molecule has 0 bridgehead atoms. The number of benzene rings is 1. The summed E-state index contributed by atoms with van der Waals surface area (Å²) in [5, 5.41) is 3.04. The van der Waals surface area contributed by atoms with Gasteiger partial charge in [0.05, 0.1) is 13.7 Å². The Balaban J connectivity index is 1.46. The Kier molecular flexibility index (Phi) is 7.09. The third-order valence-electron chi connectivity index (χ3n) is 5.60. The molecule has 6 nitrogen and oxygen atoms in total. The number of methoxy groups -OCH3 is 1. The molecule has 1 aromatic carbocycles. The van der Waals surface area contributed by atoms with E-state index in [9.17, 15) is 4.79 Å². The van der Waals surface area contributed by atoms with Gasteiger partial charge >= 0.3 is 0 Å². The van der Waals surface area contributed by atoms with Crippen molar-refractivity contribution < 1.29 is 9.53 Å². The van der Waals surface area contributed by atoms with Crippen LogP contribution in [0.4, 0.5) is 5.69 Å². The monoisotopic (exact) mass is 384 g/mol. The number of nitrogens with one attached hydrogen (secondary N) is 1. The molecule has 1 aliphatic rings. The van der Waals surface area contributed by atoms with Gasteiger partial charge < -0.3 is 14.6 Å². The van der Waals surface area contributed by atoms with Gasteiger partial charge in [0.2, 0.25) is 5.91 Å². The maximum absolute atomic E-state index is 12.4. The Morgan fingerprint density at radius 2 is 2.25 bits per heavy atom. The lowest BCUT2D eigenvalue weighted by Gasteiger charge is -2.32. The summed E-state index contributed by atoms with van der Waals surface area (Å²) in [6.45, 7) is 8.15. The molecule has 1 aliphatic heterocycles. The van der Waals surface area contributed by atoms with Crippen molar-refractivity contribution in [1.29, 1.82) is 0 Å². The van der Waals surface area contributed by atoms with E-state index in [1.165, 1.54) is 12.8 Å². The summed E-state index contributed by atoms with van der Waals surface area (Å²) in [6.07, 6.45) is 7.81. The zero-order valence-corrected chi connectivity index (χ0v) is 17.3. The topological polar surface area (TPSA) is 59.4 Å². The van der Waals surface area contributed by atoms with Crippen LogP contribution in [0.25, 0.3) is 0 Å². The number of anilines is 1. The molecule has 3 rings (SSSR count). The second kappa shape index (κ2) is 9.73. The molecule has 1 N–H and O–H groups in total. The number of amides is 1. The number of carbonyl (C=O) groups excluding carboxylic acids is 1. The van der Waals surface area contributed by atoms with Gasteiger partial charge in [0, 0.05) is 37.6 Å². The fourth-order valence-electron chi connectivity index (χ4n) is 3.96. The number of hydrogen-bond acceptors (Lipinski definition) is 4. The molecule has 28 heavy (non-hydrogen) atoms. The van der Waals surface area contributed by atoms with Crippen molar-refractivity contribution in [3.63, 3.8) is 0 Å². The first-order valence-electron chi connectivity index (χ1n) is 10.3. The maximum atomic E-state index is 12.4. The molecule has 1 saturated heterocycles. The highest BCUT2D eigenvalue weighted by atomic mass is 16.5.